The van der Waals surface area contributed by atoms with Crippen LogP contribution in [-0.2, 0) is 11.2 Å². The first-order chi connectivity index (χ1) is 14.9. The highest BCUT2D eigenvalue weighted by Gasteiger charge is 2.24. The number of amides is 1. The highest BCUT2D eigenvalue weighted by molar-refractivity contribution is 5.79. The number of benzene rings is 1. The minimum absolute atomic E-state index is 0.0793. The minimum atomic E-state index is 0.0793. The van der Waals surface area contributed by atoms with Gasteiger partial charge in [-0.05, 0) is 24.6 Å². The number of aryl methyl sites for hydroxylation is 1. The molecule has 168 valence electrons. The third-order valence-corrected chi connectivity index (χ3v) is 5.41. The molecular weight excluding hydrogens is 396 g/mol. The van der Waals surface area contributed by atoms with Crippen molar-refractivity contribution >= 4 is 11.7 Å². The number of piperazine rings is 1. The van der Waals surface area contributed by atoms with Gasteiger partial charge in [-0.25, -0.2) is 9.97 Å². The van der Waals surface area contributed by atoms with Crippen molar-refractivity contribution in [1.82, 2.24) is 14.9 Å². The summed E-state index contributed by atoms with van der Waals surface area (Å²) in [5.74, 6) is 3.78. The molecule has 8 nitrogen and oxygen atoms in total. The quantitative estimate of drug-likeness (QED) is 0.671. The van der Waals surface area contributed by atoms with Crippen LogP contribution in [-0.4, -0.2) is 68.3 Å². The number of methoxy groups -OCH3 is 3. The smallest absolute Gasteiger partial charge is 0.227 e. The van der Waals surface area contributed by atoms with E-state index in [1.165, 1.54) is 0 Å². The number of rotatable bonds is 7. The van der Waals surface area contributed by atoms with E-state index in [9.17, 15) is 4.79 Å². The van der Waals surface area contributed by atoms with Crippen LogP contribution < -0.4 is 19.1 Å². The lowest BCUT2D eigenvalue weighted by molar-refractivity contribution is -0.130. The zero-order valence-electron chi connectivity index (χ0n) is 19.3. The Morgan fingerprint density at radius 1 is 0.968 bits per heavy atom. The van der Waals surface area contributed by atoms with Crippen LogP contribution in [0, 0.1) is 6.92 Å². The van der Waals surface area contributed by atoms with Gasteiger partial charge in [-0.3, -0.25) is 4.79 Å². The van der Waals surface area contributed by atoms with Crippen molar-refractivity contribution in [3.63, 3.8) is 0 Å². The average molecular weight is 429 g/mol. The molecule has 1 aromatic heterocycles. The molecule has 0 saturated carbocycles. The fourth-order valence-corrected chi connectivity index (χ4v) is 3.70. The molecule has 0 atom stereocenters. The van der Waals surface area contributed by atoms with Crippen molar-refractivity contribution in [3.05, 3.63) is 35.3 Å². The van der Waals surface area contributed by atoms with Crippen molar-refractivity contribution in [1.29, 1.82) is 0 Å². The van der Waals surface area contributed by atoms with E-state index in [1.807, 2.05) is 30.0 Å². The topological polar surface area (TPSA) is 77.0 Å². The summed E-state index contributed by atoms with van der Waals surface area (Å²) in [6, 6.07) is 5.67. The van der Waals surface area contributed by atoms with E-state index in [1.54, 1.807) is 21.3 Å². The molecule has 3 rings (SSSR count). The third kappa shape index (κ3) is 5.18. The van der Waals surface area contributed by atoms with Crippen LogP contribution in [0.5, 0.6) is 17.2 Å². The molecule has 31 heavy (non-hydrogen) atoms. The Kier molecular flexibility index (Phi) is 7.20. The van der Waals surface area contributed by atoms with Gasteiger partial charge in [-0.2, -0.15) is 0 Å². The van der Waals surface area contributed by atoms with Crippen LogP contribution in [0.3, 0.4) is 0 Å². The Hall–Kier alpha value is -3.03. The molecule has 0 unspecified atom stereocenters. The molecule has 0 N–H and O–H groups in total. The van der Waals surface area contributed by atoms with Gasteiger partial charge in [0.15, 0.2) is 11.5 Å². The van der Waals surface area contributed by atoms with Crippen LogP contribution in [0.15, 0.2) is 18.2 Å². The molecule has 0 radical (unpaired) electrons. The summed E-state index contributed by atoms with van der Waals surface area (Å²) in [6.45, 7) is 8.99. The van der Waals surface area contributed by atoms with E-state index < -0.39 is 0 Å². The summed E-state index contributed by atoms with van der Waals surface area (Å²) in [7, 11) is 4.71. The minimum Gasteiger partial charge on any atom is -0.493 e. The molecule has 0 aliphatic carbocycles. The zero-order chi connectivity index (χ0) is 22.5. The first-order valence-corrected chi connectivity index (χ1v) is 10.5. The normalized spacial score (nSPS) is 14.0. The van der Waals surface area contributed by atoms with Crippen LogP contribution in [0.4, 0.5) is 5.82 Å². The second-order valence-electron chi connectivity index (χ2n) is 7.96. The molecule has 1 saturated heterocycles. The Balaban J connectivity index is 1.66. The largest absolute Gasteiger partial charge is 0.493 e. The molecule has 0 spiro atoms. The molecule has 2 aromatic rings. The van der Waals surface area contributed by atoms with Crippen LogP contribution in [0.1, 0.15) is 36.8 Å². The Morgan fingerprint density at radius 2 is 1.58 bits per heavy atom. The summed E-state index contributed by atoms with van der Waals surface area (Å²) in [5, 5.41) is 0. The Bertz CT molecular complexity index is 899. The number of carbonyl (C=O) groups is 1. The van der Waals surface area contributed by atoms with Crippen LogP contribution in [0.2, 0.25) is 0 Å². The summed E-state index contributed by atoms with van der Waals surface area (Å²) < 4.78 is 16.2. The van der Waals surface area contributed by atoms with Gasteiger partial charge in [0.05, 0.1) is 27.8 Å². The standard InChI is InChI=1S/C23H32N4O4/c1-15(2)23-24-16(3)11-20(25-23)26-7-9-27(10-8-26)21(28)14-17-12-18(29-4)22(31-6)19(13-17)30-5/h11-13,15H,7-10,14H2,1-6H3. The lowest BCUT2D eigenvalue weighted by Gasteiger charge is -2.35. The predicted octanol–water partition coefficient (Wildman–Crippen LogP) is 2.83. The van der Waals surface area contributed by atoms with E-state index in [0.717, 1.165) is 36.0 Å². The molecule has 1 fully saturated rings. The lowest BCUT2D eigenvalue weighted by Crippen LogP contribution is -2.49. The molecule has 0 bridgehead atoms. The number of ether oxygens (including phenoxy) is 3. The van der Waals surface area contributed by atoms with E-state index in [0.29, 0.717) is 30.3 Å². The summed E-state index contributed by atoms with van der Waals surface area (Å²) >= 11 is 0. The molecule has 1 aliphatic heterocycles. The fraction of sp³-hybridized carbons (Fsp3) is 0.522. The highest BCUT2D eigenvalue weighted by atomic mass is 16.5. The monoisotopic (exact) mass is 428 g/mol. The molecule has 2 heterocycles. The van der Waals surface area contributed by atoms with Crippen LogP contribution in [0.25, 0.3) is 0 Å². The van der Waals surface area contributed by atoms with E-state index >= 15 is 0 Å². The first-order valence-electron chi connectivity index (χ1n) is 10.5. The van der Waals surface area contributed by atoms with Gasteiger partial charge in [-0.15, -0.1) is 0 Å². The maximum atomic E-state index is 12.9. The van der Waals surface area contributed by atoms with Gasteiger partial charge in [-0.1, -0.05) is 13.8 Å². The maximum Gasteiger partial charge on any atom is 0.227 e. The van der Waals surface area contributed by atoms with Crippen molar-refractivity contribution in [2.24, 2.45) is 0 Å². The second-order valence-corrected chi connectivity index (χ2v) is 7.96. The molecular formula is C23H32N4O4. The summed E-state index contributed by atoms with van der Waals surface area (Å²) in [4.78, 5) is 26.3. The van der Waals surface area contributed by atoms with Crippen molar-refractivity contribution in [2.75, 3.05) is 52.4 Å². The number of carbonyl (C=O) groups excluding carboxylic acids is 1. The van der Waals surface area contributed by atoms with E-state index in [-0.39, 0.29) is 18.2 Å². The van der Waals surface area contributed by atoms with Gasteiger partial charge in [0.2, 0.25) is 11.7 Å². The van der Waals surface area contributed by atoms with Gasteiger partial charge in [0.25, 0.3) is 0 Å². The maximum absolute atomic E-state index is 12.9. The number of aromatic nitrogens is 2. The molecule has 8 heteroatoms. The molecule has 1 aliphatic rings. The van der Waals surface area contributed by atoms with Gasteiger partial charge in [0, 0.05) is 43.9 Å². The van der Waals surface area contributed by atoms with Gasteiger partial charge in [0.1, 0.15) is 11.6 Å². The third-order valence-electron chi connectivity index (χ3n) is 5.41. The van der Waals surface area contributed by atoms with Gasteiger partial charge < -0.3 is 24.0 Å². The van der Waals surface area contributed by atoms with E-state index in [4.69, 9.17) is 19.2 Å². The summed E-state index contributed by atoms with van der Waals surface area (Å²) in [5.41, 5.74) is 1.80. The van der Waals surface area contributed by atoms with Crippen molar-refractivity contribution in [2.45, 2.75) is 33.1 Å². The van der Waals surface area contributed by atoms with Crippen LogP contribution >= 0.6 is 0 Å². The number of hydrogen-bond acceptors (Lipinski definition) is 7. The molecule has 1 aromatic carbocycles. The van der Waals surface area contributed by atoms with E-state index in [2.05, 4.69) is 23.7 Å². The zero-order valence-corrected chi connectivity index (χ0v) is 19.3. The number of anilines is 1. The first kappa shape index (κ1) is 22.7. The number of nitrogens with zero attached hydrogens (tertiary/aromatic N) is 4. The second kappa shape index (κ2) is 9.85. The average Bonchev–Trinajstić information content (AvgIpc) is 2.77. The number of hydrogen-bond donors (Lipinski definition) is 0. The Labute approximate surface area is 184 Å². The van der Waals surface area contributed by atoms with Crippen molar-refractivity contribution in [3.8, 4) is 17.2 Å². The van der Waals surface area contributed by atoms with Gasteiger partial charge >= 0.3 is 0 Å². The SMILES string of the molecule is COc1cc(CC(=O)N2CCN(c3cc(C)nc(C(C)C)n3)CC2)cc(OC)c1OC. The predicted molar refractivity (Wildman–Crippen MR) is 119 cm³/mol. The van der Waals surface area contributed by atoms with Crippen molar-refractivity contribution < 1.29 is 19.0 Å². The fourth-order valence-electron chi connectivity index (χ4n) is 3.70. The lowest BCUT2D eigenvalue weighted by atomic mass is 10.1. The Morgan fingerprint density at radius 3 is 2.10 bits per heavy atom. The molecule has 1 amide bonds. The summed E-state index contributed by atoms with van der Waals surface area (Å²) in [6.07, 6.45) is 0.279. The highest BCUT2D eigenvalue weighted by Crippen LogP contribution is 2.38.